The summed E-state index contributed by atoms with van der Waals surface area (Å²) in [6, 6.07) is -0.930. The highest BCUT2D eigenvalue weighted by atomic mass is 16.7. The number of rotatable bonds is 58. The van der Waals surface area contributed by atoms with Crippen molar-refractivity contribution in [1.82, 2.24) is 5.32 Å². The van der Waals surface area contributed by atoms with Crippen LogP contribution in [0.3, 0.4) is 0 Å². The largest absolute Gasteiger partial charge is 0.394 e. The van der Waals surface area contributed by atoms with Gasteiger partial charge < -0.3 is 65.1 Å². The Morgan fingerprint density at radius 1 is 0.420 bits per heavy atom. The quantitative estimate of drug-likeness (QED) is 0.0204. The van der Waals surface area contributed by atoms with Crippen molar-refractivity contribution in [2.75, 3.05) is 19.8 Å². The minimum Gasteiger partial charge on any atom is -0.394 e. The van der Waals surface area contributed by atoms with E-state index in [1.165, 1.54) is 161 Å². The third-order valence-corrected chi connectivity index (χ3v) is 17.1. The first-order valence-corrected chi connectivity index (χ1v) is 35.8. The monoisotopic (exact) mass is 1240 g/mol. The number of amides is 1. The summed E-state index contributed by atoms with van der Waals surface area (Å²) < 4.78 is 22.9. The van der Waals surface area contributed by atoms with Gasteiger partial charge in [0, 0.05) is 6.42 Å². The van der Waals surface area contributed by atoms with Gasteiger partial charge in [-0.3, -0.25) is 4.79 Å². The van der Waals surface area contributed by atoms with Crippen LogP contribution in [0.2, 0.25) is 0 Å². The summed E-state index contributed by atoms with van der Waals surface area (Å²) in [6.07, 6.45) is 63.5. The minimum atomic E-state index is -1.79. The van der Waals surface area contributed by atoms with Crippen molar-refractivity contribution in [3.63, 3.8) is 0 Å². The normalized spacial score (nSPS) is 23.7. The molecule has 2 rings (SSSR count). The maximum atomic E-state index is 13.3. The van der Waals surface area contributed by atoms with E-state index in [1.807, 2.05) is 6.08 Å². The lowest BCUT2D eigenvalue weighted by Crippen LogP contribution is -2.65. The van der Waals surface area contributed by atoms with Crippen molar-refractivity contribution in [2.24, 2.45) is 0 Å². The summed E-state index contributed by atoms with van der Waals surface area (Å²) in [4.78, 5) is 13.3. The summed E-state index contributed by atoms with van der Waals surface area (Å²) in [5, 5.41) is 87.5. The molecule has 510 valence electrons. The second-order valence-electron chi connectivity index (χ2n) is 25.0. The van der Waals surface area contributed by atoms with Gasteiger partial charge in [-0.25, -0.2) is 0 Å². The Kier molecular flexibility index (Phi) is 53.6. The number of hydrogen-bond acceptors (Lipinski definition) is 13. The van der Waals surface area contributed by atoms with Crippen LogP contribution in [-0.2, 0) is 23.7 Å². The molecule has 14 nitrogen and oxygen atoms in total. The maximum absolute atomic E-state index is 13.3. The highest BCUT2D eigenvalue weighted by Crippen LogP contribution is 2.30. The van der Waals surface area contributed by atoms with Crippen molar-refractivity contribution in [1.29, 1.82) is 0 Å². The van der Waals surface area contributed by atoms with E-state index in [-0.39, 0.29) is 18.9 Å². The molecular formula is C74H131NO13. The maximum Gasteiger partial charge on any atom is 0.220 e. The first-order chi connectivity index (χ1) is 43.1. The molecule has 2 aliphatic rings. The van der Waals surface area contributed by atoms with Crippen LogP contribution in [0.1, 0.15) is 284 Å². The number of carbonyl (C=O) groups is 1. The van der Waals surface area contributed by atoms with Gasteiger partial charge in [-0.05, 0) is 70.6 Å². The number of ether oxygens (including phenoxy) is 4. The predicted octanol–water partition coefficient (Wildman–Crippen LogP) is 14.8. The van der Waals surface area contributed by atoms with Crippen molar-refractivity contribution in [3.8, 4) is 0 Å². The van der Waals surface area contributed by atoms with Gasteiger partial charge in [0.1, 0.15) is 48.8 Å². The Labute approximate surface area is 535 Å². The van der Waals surface area contributed by atoms with Gasteiger partial charge in [-0.1, -0.05) is 292 Å². The van der Waals surface area contributed by atoms with E-state index in [4.69, 9.17) is 18.9 Å². The third kappa shape index (κ3) is 41.6. The lowest BCUT2D eigenvalue weighted by molar-refractivity contribution is -0.359. The summed E-state index contributed by atoms with van der Waals surface area (Å²) in [6.45, 7) is 2.70. The van der Waals surface area contributed by atoms with Gasteiger partial charge in [-0.2, -0.15) is 0 Å². The number of aliphatic hydroxyl groups excluding tert-OH is 8. The zero-order valence-electron chi connectivity index (χ0n) is 55.4. The highest BCUT2D eigenvalue weighted by molar-refractivity contribution is 5.76. The molecule has 0 aliphatic carbocycles. The Hall–Kier alpha value is -2.83. The van der Waals surface area contributed by atoms with Crippen LogP contribution in [-0.4, -0.2) is 140 Å². The van der Waals surface area contributed by atoms with Gasteiger partial charge in [0.2, 0.25) is 5.91 Å². The number of carbonyl (C=O) groups excluding carboxylic acids is 1. The van der Waals surface area contributed by atoms with Crippen molar-refractivity contribution < 1.29 is 64.6 Å². The van der Waals surface area contributed by atoms with E-state index in [1.54, 1.807) is 6.08 Å². The van der Waals surface area contributed by atoms with Crippen LogP contribution in [0.4, 0.5) is 0 Å². The number of allylic oxidation sites excluding steroid dienone is 13. The Bertz CT molecular complexity index is 1800. The number of nitrogens with one attached hydrogen (secondary N) is 1. The fraction of sp³-hybridized carbons (Fsp3) is 0.797. The first-order valence-electron chi connectivity index (χ1n) is 35.8. The summed E-state index contributed by atoms with van der Waals surface area (Å²) in [5.41, 5.74) is 0. The van der Waals surface area contributed by atoms with E-state index in [9.17, 15) is 45.6 Å². The van der Waals surface area contributed by atoms with Crippen molar-refractivity contribution in [2.45, 2.75) is 357 Å². The molecule has 0 aromatic carbocycles. The van der Waals surface area contributed by atoms with Gasteiger partial charge in [0.25, 0.3) is 0 Å². The van der Waals surface area contributed by atoms with Gasteiger partial charge >= 0.3 is 0 Å². The van der Waals surface area contributed by atoms with Crippen LogP contribution >= 0.6 is 0 Å². The standard InChI is InChI=1S/C74H131NO13/c1-3-5-7-9-11-13-15-17-19-21-23-25-27-29-30-31-32-34-35-37-39-41-43-45-47-49-51-53-55-57-63(78)62(61-85-73-71(84)69(82)72(65(60-77)87-73)88-74-70(83)68(81)67(80)64(59-76)86-74)75-66(79)58-56-54-52-50-48-46-44-42-40-38-36-33-28-26-24-22-20-18-16-14-12-10-8-6-4-2/h6,8,12,14,18,20,24,26,33,36,40,42,55,57,62-65,67-74,76-78,80-84H,3-5,7,9-11,13,15-17,19,21-23,25,27-32,34-35,37-39,41,43-54,56,58-61H2,1-2H3,(H,75,79)/b8-6-,14-12-,20-18-,26-24-,36-33-,42-40-,57-55+. The molecule has 14 heteroatoms. The van der Waals surface area contributed by atoms with Gasteiger partial charge in [0.15, 0.2) is 12.6 Å². The molecule has 12 unspecified atom stereocenters. The SMILES string of the molecule is CC/C=C\C/C=C\C/C=C\C/C=C\C/C=C\C/C=C\CCCCCCCCC(=O)NC(COC1OC(CO)C(OC2OC(CO)C(O)C(O)C2O)C(O)C1O)C(O)/C=C/CCCCCCCCCCCCCCCCCCCCCCCCCCCCC. The lowest BCUT2D eigenvalue weighted by atomic mass is 9.97. The third-order valence-electron chi connectivity index (χ3n) is 17.1. The molecule has 2 aliphatic heterocycles. The average molecular weight is 1240 g/mol. The van der Waals surface area contributed by atoms with Crippen LogP contribution in [0.15, 0.2) is 85.1 Å². The Morgan fingerprint density at radius 3 is 1.20 bits per heavy atom. The zero-order valence-corrected chi connectivity index (χ0v) is 55.4. The highest BCUT2D eigenvalue weighted by Gasteiger charge is 2.51. The van der Waals surface area contributed by atoms with Crippen molar-refractivity contribution in [3.05, 3.63) is 85.1 Å². The molecule has 0 bridgehead atoms. The minimum absolute atomic E-state index is 0.254. The molecular weight excluding hydrogens is 1110 g/mol. The van der Waals surface area contributed by atoms with Crippen LogP contribution < -0.4 is 5.32 Å². The lowest BCUT2D eigenvalue weighted by Gasteiger charge is -2.46. The van der Waals surface area contributed by atoms with E-state index in [0.29, 0.717) is 6.42 Å². The molecule has 2 fully saturated rings. The molecule has 12 atom stereocenters. The molecule has 1 amide bonds. The second-order valence-corrected chi connectivity index (χ2v) is 25.0. The number of hydrogen-bond donors (Lipinski definition) is 9. The fourth-order valence-corrected chi connectivity index (χ4v) is 11.4. The molecule has 9 N–H and O–H groups in total. The first kappa shape index (κ1) is 81.3. The van der Waals surface area contributed by atoms with E-state index in [2.05, 4.69) is 92.1 Å². The topological polar surface area (TPSA) is 228 Å². The van der Waals surface area contributed by atoms with E-state index in [0.717, 1.165) is 96.3 Å². The Balaban J connectivity index is 1.69. The molecule has 2 heterocycles. The molecule has 88 heavy (non-hydrogen) atoms. The smallest absolute Gasteiger partial charge is 0.220 e. The molecule has 0 saturated carbocycles. The van der Waals surface area contributed by atoms with Gasteiger partial charge in [0.05, 0.1) is 32.0 Å². The molecule has 0 aromatic heterocycles. The summed E-state index contributed by atoms with van der Waals surface area (Å²) in [7, 11) is 0. The zero-order chi connectivity index (χ0) is 63.8. The molecule has 2 saturated heterocycles. The Morgan fingerprint density at radius 2 is 0.784 bits per heavy atom. The van der Waals surface area contributed by atoms with E-state index < -0.39 is 86.8 Å². The predicted molar refractivity (Wildman–Crippen MR) is 360 cm³/mol. The molecule has 0 spiro atoms. The van der Waals surface area contributed by atoms with Crippen molar-refractivity contribution >= 4 is 5.91 Å². The second kappa shape index (κ2) is 58.0. The average Bonchev–Trinajstić information content (AvgIpc) is 2.07. The van der Waals surface area contributed by atoms with Gasteiger partial charge in [-0.15, -0.1) is 0 Å². The van der Waals surface area contributed by atoms with Crippen LogP contribution in [0.25, 0.3) is 0 Å². The van der Waals surface area contributed by atoms with E-state index >= 15 is 0 Å². The molecule has 0 radical (unpaired) electrons. The summed E-state index contributed by atoms with van der Waals surface area (Å²) >= 11 is 0. The van der Waals surface area contributed by atoms with Crippen LogP contribution in [0.5, 0.6) is 0 Å². The summed E-state index contributed by atoms with van der Waals surface area (Å²) in [5.74, 6) is -0.254. The van der Waals surface area contributed by atoms with Crippen LogP contribution in [0, 0.1) is 0 Å². The fourth-order valence-electron chi connectivity index (χ4n) is 11.4. The molecule has 0 aromatic rings. The number of aliphatic hydroxyl groups is 8. The number of unbranched alkanes of at least 4 members (excludes halogenated alkanes) is 33.